The molecular weight excluding hydrogens is 290 g/mol. The van der Waals surface area contributed by atoms with E-state index in [9.17, 15) is 8.42 Å². The van der Waals surface area contributed by atoms with Gasteiger partial charge in [0.2, 0.25) is 0 Å². The molecule has 1 atom stereocenters. The van der Waals surface area contributed by atoms with Gasteiger partial charge in [0.25, 0.3) is 0 Å². The number of nitrogens with two attached hydrogens (primary N) is 1. The molecule has 2 N–H and O–H groups in total. The molecule has 0 aliphatic rings. The van der Waals surface area contributed by atoms with Crippen LogP contribution >= 0.6 is 23.3 Å². The molecule has 0 bridgehead atoms. The molecule has 8 heteroatoms. The van der Waals surface area contributed by atoms with Gasteiger partial charge in [-0.1, -0.05) is 0 Å². The van der Waals surface area contributed by atoms with Gasteiger partial charge in [0.15, 0.2) is 15.7 Å². The lowest BCUT2D eigenvalue weighted by molar-refractivity contribution is 0.601. The normalized spacial score (nSPS) is 13.6. The molecule has 0 saturated heterocycles. The Balaban J connectivity index is 3.03. The molecule has 0 saturated carbocycles. The Morgan fingerprint density at radius 1 is 1.56 bits per heavy atom. The lowest BCUT2D eigenvalue weighted by atomic mass is 10.2. The summed E-state index contributed by atoms with van der Waals surface area (Å²) in [6, 6.07) is 0.248. The number of nitrogen functional groups attached to an aromatic ring is 1. The second-order valence-corrected chi connectivity index (χ2v) is 7.91. The highest BCUT2D eigenvalue weighted by atomic mass is 32.2. The van der Waals surface area contributed by atoms with E-state index in [1.165, 1.54) is 0 Å². The van der Waals surface area contributed by atoms with Crippen LogP contribution in [-0.2, 0) is 9.84 Å². The fourth-order valence-electron chi connectivity index (χ4n) is 1.54. The summed E-state index contributed by atoms with van der Waals surface area (Å²) in [6.45, 7) is 2.07. The summed E-state index contributed by atoms with van der Waals surface area (Å²) in [5.41, 5.74) is 5.65. The van der Waals surface area contributed by atoms with Gasteiger partial charge >= 0.3 is 0 Å². The van der Waals surface area contributed by atoms with Crippen molar-refractivity contribution in [3.8, 4) is 0 Å². The van der Waals surface area contributed by atoms with E-state index in [1.54, 1.807) is 11.8 Å². The first kappa shape index (κ1) is 15.6. The standard InChI is InChI=1S/C10H19N3O2S3/c1-7(5-6-16-3)13(2)10-8(18(4,14)15)9(11)12-17-10/h7H,5-6H2,1-4H3,(H2,11,12). The first-order valence-corrected chi connectivity index (χ1v) is 9.51. The van der Waals surface area contributed by atoms with Crippen LogP contribution in [0.1, 0.15) is 13.3 Å². The van der Waals surface area contributed by atoms with E-state index in [-0.39, 0.29) is 16.8 Å². The number of aromatic nitrogens is 1. The van der Waals surface area contributed by atoms with Crippen LogP contribution in [0.25, 0.3) is 0 Å². The van der Waals surface area contributed by atoms with Gasteiger partial charge in [-0.2, -0.15) is 16.1 Å². The first-order valence-electron chi connectivity index (χ1n) is 5.46. The SMILES string of the molecule is CSCCC(C)N(C)c1snc(N)c1S(C)(=O)=O. The van der Waals surface area contributed by atoms with Crippen LogP contribution in [0.4, 0.5) is 10.8 Å². The van der Waals surface area contributed by atoms with E-state index in [0.717, 1.165) is 30.0 Å². The summed E-state index contributed by atoms with van der Waals surface area (Å²) in [4.78, 5) is 2.10. The van der Waals surface area contributed by atoms with Crippen molar-refractivity contribution in [2.45, 2.75) is 24.3 Å². The third kappa shape index (κ3) is 3.52. The Labute approximate surface area is 117 Å². The van der Waals surface area contributed by atoms with Gasteiger partial charge in [0, 0.05) is 19.3 Å². The maximum atomic E-state index is 11.7. The van der Waals surface area contributed by atoms with Crippen molar-refractivity contribution in [3.63, 3.8) is 0 Å². The molecule has 1 unspecified atom stereocenters. The molecular formula is C10H19N3O2S3. The van der Waals surface area contributed by atoms with Gasteiger partial charge in [-0.25, -0.2) is 8.42 Å². The minimum atomic E-state index is -3.34. The van der Waals surface area contributed by atoms with Crippen molar-refractivity contribution in [1.29, 1.82) is 0 Å². The fourth-order valence-corrected chi connectivity index (χ4v) is 4.40. The zero-order chi connectivity index (χ0) is 13.9. The lowest BCUT2D eigenvalue weighted by Gasteiger charge is -2.25. The van der Waals surface area contributed by atoms with Crippen LogP contribution in [-0.4, -0.2) is 44.1 Å². The van der Waals surface area contributed by atoms with Crippen LogP contribution in [0.2, 0.25) is 0 Å². The lowest BCUT2D eigenvalue weighted by Crippen LogP contribution is -2.29. The number of nitrogens with zero attached hydrogens (tertiary/aromatic N) is 2. The summed E-state index contributed by atoms with van der Waals surface area (Å²) in [6.07, 6.45) is 4.20. The van der Waals surface area contributed by atoms with Gasteiger partial charge in [-0.05, 0) is 36.9 Å². The Bertz CT molecular complexity index is 498. The minimum Gasteiger partial charge on any atom is -0.382 e. The van der Waals surface area contributed by atoms with E-state index < -0.39 is 9.84 Å². The number of thioether (sulfide) groups is 1. The maximum Gasteiger partial charge on any atom is 0.182 e. The van der Waals surface area contributed by atoms with Crippen LogP contribution in [0, 0.1) is 0 Å². The van der Waals surface area contributed by atoms with Crippen molar-refractivity contribution >= 4 is 44.0 Å². The average molecular weight is 309 g/mol. The summed E-state index contributed by atoms with van der Waals surface area (Å²) in [5, 5.41) is 0.628. The maximum absolute atomic E-state index is 11.7. The zero-order valence-electron chi connectivity index (χ0n) is 11.0. The van der Waals surface area contributed by atoms with E-state index in [0.29, 0.717) is 5.00 Å². The van der Waals surface area contributed by atoms with Gasteiger partial charge in [0.1, 0.15) is 9.90 Å². The Morgan fingerprint density at radius 2 is 2.17 bits per heavy atom. The van der Waals surface area contributed by atoms with Crippen molar-refractivity contribution in [1.82, 2.24) is 4.37 Å². The summed E-state index contributed by atoms with van der Waals surface area (Å²) in [7, 11) is -1.46. The van der Waals surface area contributed by atoms with Crippen molar-refractivity contribution in [2.24, 2.45) is 0 Å². The second kappa shape index (κ2) is 6.12. The third-order valence-corrected chi connectivity index (χ3v) is 5.62. The molecule has 1 aromatic heterocycles. The number of anilines is 2. The molecule has 0 amide bonds. The Hall–Kier alpha value is -0.470. The molecule has 0 spiro atoms. The minimum absolute atomic E-state index is 0.0985. The molecule has 1 heterocycles. The Morgan fingerprint density at radius 3 is 2.67 bits per heavy atom. The molecule has 0 aliphatic heterocycles. The van der Waals surface area contributed by atoms with Crippen LogP contribution < -0.4 is 10.6 Å². The first-order chi connectivity index (χ1) is 8.29. The molecule has 5 nitrogen and oxygen atoms in total. The van der Waals surface area contributed by atoms with Crippen LogP contribution in [0.3, 0.4) is 0 Å². The molecule has 0 fully saturated rings. The average Bonchev–Trinajstić information content (AvgIpc) is 2.66. The molecule has 0 radical (unpaired) electrons. The Kier molecular flexibility index (Phi) is 5.30. The number of sulfone groups is 1. The largest absolute Gasteiger partial charge is 0.382 e. The van der Waals surface area contributed by atoms with Gasteiger partial charge in [-0.3, -0.25) is 0 Å². The van der Waals surface area contributed by atoms with Gasteiger partial charge < -0.3 is 10.6 Å². The topological polar surface area (TPSA) is 76.3 Å². The smallest absolute Gasteiger partial charge is 0.182 e. The summed E-state index contributed by atoms with van der Waals surface area (Å²) >= 11 is 2.91. The molecule has 0 aromatic carbocycles. The van der Waals surface area contributed by atoms with E-state index in [4.69, 9.17) is 5.73 Å². The predicted octanol–water partition coefficient (Wildman–Crippen LogP) is 1.71. The quantitative estimate of drug-likeness (QED) is 0.862. The summed E-state index contributed by atoms with van der Waals surface area (Å²) < 4.78 is 27.4. The number of hydrogen-bond acceptors (Lipinski definition) is 7. The fraction of sp³-hybridized carbons (Fsp3) is 0.700. The molecule has 1 rings (SSSR count). The second-order valence-electron chi connectivity index (χ2n) is 4.22. The predicted molar refractivity (Wildman–Crippen MR) is 80.5 cm³/mol. The van der Waals surface area contributed by atoms with Crippen molar-refractivity contribution in [3.05, 3.63) is 0 Å². The highest BCUT2D eigenvalue weighted by Gasteiger charge is 2.25. The van der Waals surface area contributed by atoms with Crippen LogP contribution in [0.5, 0.6) is 0 Å². The summed E-state index contributed by atoms with van der Waals surface area (Å²) in [5.74, 6) is 1.13. The molecule has 1 aromatic rings. The monoisotopic (exact) mass is 309 g/mol. The number of hydrogen-bond donors (Lipinski definition) is 1. The zero-order valence-corrected chi connectivity index (χ0v) is 13.5. The highest BCUT2D eigenvalue weighted by Crippen LogP contribution is 2.35. The molecule has 0 aliphatic carbocycles. The van der Waals surface area contributed by atoms with Crippen molar-refractivity contribution < 1.29 is 8.42 Å². The van der Waals surface area contributed by atoms with Crippen LogP contribution in [0.15, 0.2) is 4.90 Å². The van der Waals surface area contributed by atoms with Gasteiger partial charge in [-0.15, -0.1) is 0 Å². The van der Waals surface area contributed by atoms with E-state index >= 15 is 0 Å². The number of rotatable bonds is 6. The molecule has 18 heavy (non-hydrogen) atoms. The molecule has 104 valence electrons. The van der Waals surface area contributed by atoms with E-state index in [1.807, 2.05) is 11.9 Å². The van der Waals surface area contributed by atoms with Crippen molar-refractivity contribution in [2.75, 3.05) is 35.9 Å². The highest BCUT2D eigenvalue weighted by molar-refractivity contribution is 7.98. The van der Waals surface area contributed by atoms with E-state index in [2.05, 4.69) is 17.6 Å². The third-order valence-electron chi connectivity index (χ3n) is 2.75. The van der Waals surface area contributed by atoms with Gasteiger partial charge in [0.05, 0.1) is 0 Å².